The van der Waals surface area contributed by atoms with Gasteiger partial charge in [-0.2, -0.15) is 0 Å². The lowest BCUT2D eigenvalue weighted by Crippen LogP contribution is -1.86. The van der Waals surface area contributed by atoms with Crippen molar-refractivity contribution >= 4 is 11.8 Å². The van der Waals surface area contributed by atoms with Crippen molar-refractivity contribution in [2.75, 3.05) is 12.4 Å². The first-order chi connectivity index (χ1) is 6.86. The van der Waals surface area contributed by atoms with Gasteiger partial charge in [-0.3, -0.25) is 0 Å². The lowest BCUT2D eigenvalue weighted by molar-refractivity contribution is 1.23. The number of hydrogen-bond acceptors (Lipinski definition) is 1. The van der Waals surface area contributed by atoms with Crippen LogP contribution in [-0.4, -0.2) is 7.05 Å². The molecule has 1 rings (SSSR count). The molecule has 1 aromatic rings. The second-order valence-corrected chi connectivity index (χ2v) is 2.68. The average Bonchev–Trinajstić information content (AvgIpc) is 2.30. The normalized spacial score (nSPS) is 9.43. The third-order valence-corrected chi connectivity index (χ3v) is 1.75. The van der Waals surface area contributed by atoms with Crippen LogP contribution in [0.3, 0.4) is 0 Å². The molecule has 0 atom stereocenters. The quantitative estimate of drug-likeness (QED) is 0.755. The van der Waals surface area contributed by atoms with Crippen LogP contribution in [0.2, 0.25) is 0 Å². The van der Waals surface area contributed by atoms with Gasteiger partial charge >= 0.3 is 0 Å². The van der Waals surface area contributed by atoms with E-state index in [0.29, 0.717) is 0 Å². The standard InChI is InChI=1S/C11H15N.C2H6/c1-3-4-5-10-6-8-11(12-2)9-7-10;1-2/h4-9,12H,3H2,1-2H3;1-2H3/b5-4+;. The van der Waals surface area contributed by atoms with E-state index >= 15 is 0 Å². The van der Waals surface area contributed by atoms with Crippen molar-refractivity contribution in [2.45, 2.75) is 27.2 Å². The van der Waals surface area contributed by atoms with Gasteiger partial charge in [0.2, 0.25) is 0 Å². The largest absolute Gasteiger partial charge is 0.388 e. The van der Waals surface area contributed by atoms with E-state index in [-0.39, 0.29) is 0 Å². The molecule has 1 nitrogen and oxygen atoms in total. The number of rotatable bonds is 3. The second kappa shape index (κ2) is 8.36. The maximum absolute atomic E-state index is 3.09. The minimum absolute atomic E-state index is 1.09. The molecule has 78 valence electrons. The van der Waals surface area contributed by atoms with Crippen LogP contribution in [0.1, 0.15) is 32.8 Å². The van der Waals surface area contributed by atoms with Crippen LogP contribution in [0, 0.1) is 0 Å². The molecule has 0 unspecified atom stereocenters. The van der Waals surface area contributed by atoms with Crippen molar-refractivity contribution < 1.29 is 0 Å². The van der Waals surface area contributed by atoms with Crippen molar-refractivity contribution in [2.24, 2.45) is 0 Å². The molecule has 0 aliphatic carbocycles. The van der Waals surface area contributed by atoms with Crippen LogP contribution < -0.4 is 5.32 Å². The molecule has 0 fully saturated rings. The highest BCUT2D eigenvalue weighted by Gasteiger charge is 1.86. The predicted octanol–water partition coefficient (Wildman–Crippen LogP) is 4.18. The van der Waals surface area contributed by atoms with Gasteiger partial charge in [0.15, 0.2) is 0 Å². The molecule has 14 heavy (non-hydrogen) atoms. The summed E-state index contributed by atoms with van der Waals surface area (Å²) >= 11 is 0. The summed E-state index contributed by atoms with van der Waals surface area (Å²) in [5.41, 5.74) is 2.42. The van der Waals surface area contributed by atoms with E-state index in [1.165, 1.54) is 5.56 Å². The van der Waals surface area contributed by atoms with E-state index in [1.807, 2.05) is 20.9 Å². The van der Waals surface area contributed by atoms with Gasteiger partial charge in [-0.15, -0.1) is 0 Å². The number of allylic oxidation sites excluding steroid dienone is 1. The molecule has 0 spiro atoms. The van der Waals surface area contributed by atoms with Gasteiger partial charge in [0.05, 0.1) is 0 Å². The van der Waals surface area contributed by atoms with Crippen LogP contribution in [0.5, 0.6) is 0 Å². The smallest absolute Gasteiger partial charge is 0.0337 e. The zero-order valence-corrected chi connectivity index (χ0v) is 9.67. The molecular weight excluding hydrogens is 170 g/mol. The van der Waals surface area contributed by atoms with Gasteiger partial charge in [-0.1, -0.05) is 45.1 Å². The van der Waals surface area contributed by atoms with E-state index < -0.39 is 0 Å². The Morgan fingerprint density at radius 3 is 2.14 bits per heavy atom. The molecule has 0 radical (unpaired) electrons. The highest BCUT2D eigenvalue weighted by molar-refractivity contribution is 5.54. The Balaban J connectivity index is 0.000000791. The minimum Gasteiger partial charge on any atom is -0.388 e. The highest BCUT2D eigenvalue weighted by atomic mass is 14.8. The molecule has 0 aliphatic rings. The van der Waals surface area contributed by atoms with Gasteiger partial charge < -0.3 is 5.32 Å². The number of nitrogens with one attached hydrogen (secondary N) is 1. The predicted molar refractivity (Wildman–Crippen MR) is 66.7 cm³/mol. The lowest BCUT2D eigenvalue weighted by atomic mass is 10.2. The van der Waals surface area contributed by atoms with Crippen LogP contribution in [-0.2, 0) is 0 Å². The second-order valence-electron chi connectivity index (χ2n) is 2.68. The number of benzene rings is 1. The Kier molecular flexibility index (Phi) is 7.62. The Bertz CT molecular complexity index is 246. The summed E-state index contributed by atoms with van der Waals surface area (Å²) in [5, 5.41) is 3.09. The summed E-state index contributed by atoms with van der Waals surface area (Å²) in [4.78, 5) is 0. The van der Waals surface area contributed by atoms with Crippen molar-refractivity contribution in [1.29, 1.82) is 0 Å². The van der Waals surface area contributed by atoms with Crippen molar-refractivity contribution in [3.63, 3.8) is 0 Å². The average molecular weight is 191 g/mol. The summed E-state index contributed by atoms with van der Waals surface area (Å²) in [7, 11) is 1.93. The maximum atomic E-state index is 3.09. The molecule has 0 bridgehead atoms. The molecule has 1 aromatic carbocycles. The molecule has 0 heterocycles. The van der Waals surface area contributed by atoms with E-state index in [9.17, 15) is 0 Å². The summed E-state index contributed by atoms with van der Waals surface area (Å²) in [5.74, 6) is 0. The number of hydrogen-bond donors (Lipinski definition) is 1. The molecule has 1 N–H and O–H groups in total. The van der Waals surface area contributed by atoms with Crippen LogP contribution in [0.25, 0.3) is 6.08 Å². The van der Waals surface area contributed by atoms with Gasteiger partial charge in [0.1, 0.15) is 0 Å². The first-order valence-electron chi connectivity index (χ1n) is 5.31. The highest BCUT2D eigenvalue weighted by Crippen LogP contribution is 2.09. The van der Waals surface area contributed by atoms with E-state index in [1.54, 1.807) is 0 Å². The maximum Gasteiger partial charge on any atom is 0.0337 e. The minimum atomic E-state index is 1.09. The van der Waals surface area contributed by atoms with Crippen molar-refractivity contribution in [3.05, 3.63) is 35.9 Å². The molecule has 0 saturated carbocycles. The van der Waals surface area contributed by atoms with Crippen LogP contribution >= 0.6 is 0 Å². The summed E-state index contributed by atoms with van der Waals surface area (Å²) in [6.07, 6.45) is 5.39. The lowest BCUT2D eigenvalue weighted by Gasteiger charge is -1.98. The zero-order valence-electron chi connectivity index (χ0n) is 9.67. The van der Waals surface area contributed by atoms with E-state index in [2.05, 4.69) is 48.7 Å². The van der Waals surface area contributed by atoms with Crippen molar-refractivity contribution in [1.82, 2.24) is 0 Å². The van der Waals surface area contributed by atoms with Gasteiger partial charge in [0, 0.05) is 12.7 Å². The molecule has 0 amide bonds. The SMILES string of the molecule is CC.CC/C=C/c1ccc(NC)cc1. The molecule has 0 aliphatic heterocycles. The van der Waals surface area contributed by atoms with Gasteiger partial charge in [0.25, 0.3) is 0 Å². The topological polar surface area (TPSA) is 12.0 Å². The van der Waals surface area contributed by atoms with E-state index in [0.717, 1.165) is 12.1 Å². The monoisotopic (exact) mass is 191 g/mol. The third-order valence-electron chi connectivity index (χ3n) is 1.75. The molecule has 0 aromatic heterocycles. The Hall–Kier alpha value is -1.24. The van der Waals surface area contributed by atoms with Gasteiger partial charge in [-0.05, 0) is 24.1 Å². The summed E-state index contributed by atoms with van der Waals surface area (Å²) in [6, 6.07) is 8.38. The summed E-state index contributed by atoms with van der Waals surface area (Å²) in [6.45, 7) is 6.14. The van der Waals surface area contributed by atoms with Crippen molar-refractivity contribution in [3.8, 4) is 0 Å². The Morgan fingerprint density at radius 1 is 1.14 bits per heavy atom. The first-order valence-corrected chi connectivity index (χ1v) is 5.31. The fourth-order valence-corrected chi connectivity index (χ4v) is 1.01. The molecular formula is C13H21N. The molecule has 1 heteroatoms. The summed E-state index contributed by atoms with van der Waals surface area (Å²) < 4.78 is 0. The fourth-order valence-electron chi connectivity index (χ4n) is 1.01. The Morgan fingerprint density at radius 2 is 1.71 bits per heavy atom. The molecule has 0 saturated heterocycles. The number of anilines is 1. The van der Waals surface area contributed by atoms with Crippen LogP contribution in [0.4, 0.5) is 5.69 Å². The van der Waals surface area contributed by atoms with Crippen LogP contribution in [0.15, 0.2) is 30.3 Å². The third kappa shape index (κ3) is 4.70. The van der Waals surface area contributed by atoms with E-state index in [4.69, 9.17) is 0 Å². The zero-order chi connectivity index (χ0) is 10.8. The van der Waals surface area contributed by atoms with Gasteiger partial charge in [-0.25, -0.2) is 0 Å². The fraction of sp³-hybridized carbons (Fsp3) is 0.385. The Labute approximate surface area is 87.9 Å². The first kappa shape index (κ1) is 12.8.